The van der Waals surface area contributed by atoms with Crippen molar-refractivity contribution in [1.82, 2.24) is 9.97 Å². The molecule has 32 heavy (non-hydrogen) atoms. The van der Waals surface area contributed by atoms with E-state index >= 15 is 0 Å². The van der Waals surface area contributed by atoms with Gasteiger partial charge in [-0.25, -0.2) is 14.8 Å². The number of nitrogens with one attached hydrogen (secondary N) is 1. The lowest BCUT2D eigenvalue weighted by atomic mass is 10.1. The number of carbonyl (C=O) groups is 1. The van der Waals surface area contributed by atoms with Gasteiger partial charge in [-0.2, -0.15) is 0 Å². The number of aromatic nitrogens is 2. The number of anilines is 2. The van der Waals surface area contributed by atoms with Crippen molar-refractivity contribution in [3.05, 3.63) is 75.9 Å². The second-order valence-electron chi connectivity index (χ2n) is 7.49. The Morgan fingerprint density at radius 3 is 2.59 bits per heavy atom. The van der Waals surface area contributed by atoms with Crippen LogP contribution in [0.25, 0.3) is 10.2 Å². The fourth-order valence-corrected chi connectivity index (χ4v) is 5.34. The number of ether oxygens (including phenoxy) is 1. The van der Waals surface area contributed by atoms with E-state index in [0.29, 0.717) is 17.2 Å². The van der Waals surface area contributed by atoms with E-state index in [-0.39, 0.29) is 5.97 Å². The Kier molecular flexibility index (Phi) is 6.77. The molecular formula is C25H25N3O2S2. The van der Waals surface area contributed by atoms with Crippen molar-refractivity contribution in [2.75, 3.05) is 11.9 Å². The Morgan fingerprint density at radius 1 is 1.09 bits per heavy atom. The van der Waals surface area contributed by atoms with Crippen LogP contribution in [-0.4, -0.2) is 22.5 Å². The molecule has 0 unspecified atom stereocenters. The Hall–Kier alpha value is -2.90. The number of nitrogens with zero attached hydrogens (tertiary/aromatic N) is 2. The summed E-state index contributed by atoms with van der Waals surface area (Å²) in [5, 5.41) is 4.37. The molecular weight excluding hydrogens is 438 g/mol. The molecule has 7 heteroatoms. The van der Waals surface area contributed by atoms with Gasteiger partial charge in [0.15, 0.2) is 0 Å². The number of esters is 1. The highest BCUT2D eigenvalue weighted by Crippen LogP contribution is 2.37. The van der Waals surface area contributed by atoms with E-state index in [9.17, 15) is 4.79 Å². The second kappa shape index (κ2) is 9.71. The Morgan fingerprint density at radius 2 is 1.88 bits per heavy atom. The van der Waals surface area contributed by atoms with E-state index in [4.69, 9.17) is 14.7 Å². The van der Waals surface area contributed by atoms with Crippen molar-refractivity contribution >= 4 is 50.8 Å². The number of carbonyl (C=O) groups excluding carboxylic acids is 1. The first kappa shape index (κ1) is 22.3. The van der Waals surface area contributed by atoms with E-state index < -0.39 is 0 Å². The normalized spacial score (nSPS) is 11.0. The van der Waals surface area contributed by atoms with E-state index in [0.717, 1.165) is 43.6 Å². The van der Waals surface area contributed by atoms with E-state index in [1.165, 1.54) is 16.9 Å². The molecule has 0 fully saturated rings. The molecule has 0 radical (unpaired) electrons. The summed E-state index contributed by atoms with van der Waals surface area (Å²) in [6, 6.07) is 16.5. The highest BCUT2D eigenvalue weighted by molar-refractivity contribution is 7.98. The molecule has 4 aromatic rings. The summed E-state index contributed by atoms with van der Waals surface area (Å²) in [5.74, 6) is 1.75. The molecule has 0 aliphatic rings. The smallest absolute Gasteiger partial charge is 0.348 e. The number of hydrogen-bond acceptors (Lipinski definition) is 7. The predicted molar refractivity (Wildman–Crippen MR) is 133 cm³/mol. The van der Waals surface area contributed by atoms with Gasteiger partial charge in [0, 0.05) is 10.6 Å². The molecule has 2 aromatic heterocycles. The highest BCUT2D eigenvalue weighted by atomic mass is 32.2. The van der Waals surface area contributed by atoms with Crippen LogP contribution in [0.2, 0.25) is 0 Å². The SMILES string of the molecule is CCOC(=O)c1sc2nc(CSc3ccccc3)nc(Nc3ccc(C)cc3C)c2c1C. The Labute approximate surface area is 196 Å². The van der Waals surface area contributed by atoms with Gasteiger partial charge in [0.25, 0.3) is 0 Å². The van der Waals surface area contributed by atoms with Crippen molar-refractivity contribution in [2.45, 2.75) is 38.3 Å². The van der Waals surface area contributed by atoms with Gasteiger partial charge >= 0.3 is 5.97 Å². The fourth-order valence-electron chi connectivity index (χ4n) is 3.48. The Bertz CT molecular complexity index is 1270. The third-order valence-electron chi connectivity index (χ3n) is 5.04. The third-order valence-corrected chi connectivity index (χ3v) is 7.22. The molecule has 0 saturated heterocycles. The standard InChI is InChI=1S/C25H25N3O2S2/c1-5-30-25(29)22-17(4)21-23(26-19-12-11-15(2)13-16(19)3)27-20(28-24(21)32-22)14-31-18-9-7-6-8-10-18/h6-13H,5,14H2,1-4H3,(H,26,27,28). The third kappa shape index (κ3) is 4.79. The molecule has 4 rings (SSSR count). The maximum absolute atomic E-state index is 12.5. The van der Waals surface area contributed by atoms with Crippen molar-refractivity contribution in [3.8, 4) is 0 Å². The van der Waals surface area contributed by atoms with Crippen molar-refractivity contribution < 1.29 is 9.53 Å². The molecule has 0 saturated carbocycles. The van der Waals surface area contributed by atoms with Crippen LogP contribution in [0.15, 0.2) is 53.4 Å². The first-order chi connectivity index (χ1) is 15.5. The van der Waals surface area contributed by atoms with Crippen LogP contribution in [0.1, 0.15) is 39.1 Å². The first-order valence-electron chi connectivity index (χ1n) is 10.5. The minimum absolute atomic E-state index is 0.314. The lowest BCUT2D eigenvalue weighted by Crippen LogP contribution is -2.04. The lowest BCUT2D eigenvalue weighted by molar-refractivity contribution is 0.0531. The molecule has 0 amide bonds. The van der Waals surface area contributed by atoms with Gasteiger partial charge in [-0.05, 0) is 57.0 Å². The summed E-state index contributed by atoms with van der Waals surface area (Å²) >= 11 is 3.05. The molecule has 2 aromatic carbocycles. The quantitative estimate of drug-likeness (QED) is 0.239. The number of hydrogen-bond donors (Lipinski definition) is 1. The van der Waals surface area contributed by atoms with Crippen molar-refractivity contribution in [3.63, 3.8) is 0 Å². The van der Waals surface area contributed by atoms with Crippen LogP contribution in [0.4, 0.5) is 11.5 Å². The van der Waals surface area contributed by atoms with E-state index in [1.54, 1.807) is 11.8 Å². The van der Waals surface area contributed by atoms with Crippen molar-refractivity contribution in [1.29, 1.82) is 0 Å². The van der Waals surface area contributed by atoms with Crippen LogP contribution >= 0.6 is 23.1 Å². The van der Waals surface area contributed by atoms with Crippen LogP contribution in [-0.2, 0) is 10.5 Å². The number of fused-ring (bicyclic) bond motifs is 1. The second-order valence-corrected chi connectivity index (χ2v) is 9.54. The summed E-state index contributed by atoms with van der Waals surface area (Å²) in [6.07, 6.45) is 0. The van der Waals surface area contributed by atoms with E-state index in [2.05, 4.69) is 49.5 Å². The van der Waals surface area contributed by atoms with Gasteiger partial charge in [0.1, 0.15) is 21.3 Å². The van der Waals surface area contributed by atoms with E-state index in [1.807, 2.05) is 32.0 Å². The molecule has 0 aliphatic carbocycles. The number of aryl methyl sites for hydroxylation is 3. The molecule has 2 heterocycles. The molecule has 0 bridgehead atoms. The first-order valence-corrected chi connectivity index (χ1v) is 12.3. The van der Waals surface area contributed by atoms with Crippen LogP contribution in [0.5, 0.6) is 0 Å². The van der Waals surface area contributed by atoms with Gasteiger partial charge < -0.3 is 10.1 Å². The molecule has 5 nitrogen and oxygen atoms in total. The maximum Gasteiger partial charge on any atom is 0.348 e. The van der Waals surface area contributed by atoms with Crippen LogP contribution < -0.4 is 5.32 Å². The van der Waals surface area contributed by atoms with Gasteiger partial charge in [-0.3, -0.25) is 0 Å². The fraction of sp³-hybridized carbons (Fsp3) is 0.240. The average molecular weight is 464 g/mol. The largest absolute Gasteiger partial charge is 0.462 e. The summed E-state index contributed by atoms with van der Waals surface area (Å²) in [4.78, 5) is 24.7. The van der Waals surface area contributed by atoms with Gasteiger partial charge in [0.05, 0.1) is 17.7 Å². The minimum Gasteiger partial charge on any atom is -0.462 e. The van der Waals surface area contributed by atoms with Gasteiger partial charge in [-0.15, -0.1) is 23.1 Å². The molecule has 0 atom stereocenters. The number of thioether (sulfide) groups is 1. The lowest BCUT2D eigenvalue weighted by Gasteiger charge is -2.12. The van der Waals surface area contributed by atoms with Gasteiger partial charge in [-0.1, -0.05) is 35.9 Å². The summed E-state index contributed by atoms with van der Waals surface area (Å²) in [5.41, 5.74) is 4.17. The summed E-state index contributed by atoms with van der Waals surface area (Å²) in [6.45, 7) is 8.23. The predicted octanol–water partition coefficient (Wildman–Crippen LogP) is 6.83. The topological polar surface area (TPSA) is 64.1 Å². The minimum atomic E-state index is -0.314. The monoisotopic (exact) mass is 463 g/mol. The Balaban J connectivity index is 1.77. The highest BCUT2D eigenvalue weighted by Gasteiger charge is 2.22. The zero-order chi connectivity index (χ0) is 22.7. The van der Waals surface area contributed by atoms with Crippen LogP contribution in [0, 0.1) is 20.8 Å². The van der Waals surface area contributed by atoms with Crippen LogP contribution in [0.3, 0.4) is 0 Å². The number of thiophene rings is 1. The summed E-state index contributed by atoms with van der Waals surface area (Å²) in [7, 11) is 0. The average Bonchev–Trinajstić information content (AvgIpc) is 3.12. The summed E-state index contributed by atoms with van der Waals surface area (Å²) < 4.78 is 5.26. The van der Waals surface area contributed by atoms with Crippen molar-refractivity contribution in [2.24, 2.45) is 0 Å². The molecule has 0 spiro atoms. The number of rotatable bonds is 7. The zero-order valence-corrected chi connectivity index (χ0v) is 20.2. The molecule has 0 aliphatic heterocycles. The van der Waals surface area contributed by atoms with Gasteiger partial charge in [0.2, 0.25) is 0 Å². The zero-order valence-electron chi connectivity index (χ0n) is 18.6. The molecule has 1 N–H and O–H groups in total. The number of benzene rings is 2. The maximum atomic E-state index is 12.5. The molecule has 164 valence electrons.